The van der Waals surface area contributed by atoms with Gasteiger partial charge in [0.15, 0.2) is 0 Å². The maximum atomic E-state index is 12.9. The van der Waals surface area contributed by atoms with Crippen molar-refractivity contribution < 1.29 is 14.3 Å². The third-order valence-electron chi connectivity index (χ3n) is 5.16. The summed E-state index contributed by atoms with van der Waals surface area (Å²) in [5.41, 5.74) is 2.93. The summed E-state index contributed by atoms with van der Waals surface area (Å²) < 4.78 is 5.02. The van der Waals surface area contributed by atoms with Crippen LogP contribution < -0.4 is 5.32 Å². The minimum atomic E-state index is -0.268. The Kier molecular flexibility index (Phi) is 6.24. The number of benzene rings is 2. The highest BCUT2D eigenvalue weighted by Crippen LogP contribution is 2.35. The highest BCUT2D eigenvalue weighted by molar-refractivity contribution is 5.95. The number of aryl methyl sites for hydroxylation is 1. The van der Waals surface area contributed by atoms with Gasteiger partial charge in [-0.1, -0.05) is 42.5 Å². The minimum Gasteiger partial charge on any atom is -0.383 e. The van der Waals surface area contributed by atoms with Gasteiger partial charge in [-0.15, -0.1) is 0 Å². The van der Waals surface area contributed by atoms with E-state index in [1.165, 1.54) is 0 Å². The van der Waals surface area contributed by atoms with Crippen molar-refractivity contribution in [2.75, 3.05) is 33.4 Å². The fraction of sp³-hybridized carbons (Fsp3) is 0.364. The molecular weight excluding hydrogens is 340 g/mol. The first-order chi connectivity index (χ1) is 13.1. The maximum absolute atomic E-state index is 12.9. The van der Waals surface area contributed by atoms with Crippen LogP contribution >= 0.6 is 0 Å². The lowest BCUT2D eigenvalue weighted by Crippen LogP contribution is -2.37. The van der Waals surface area contributed by atoms with Gasteiger partial charge in [0.05, 0.1) is 12.5 Å². The van der Waals surface area contributed by atoms with E-state index >= 15 is 0 Å². The van der Waals surface area contributed by atoms with Crippen LogP contribution in [-0.4, -0.2) is 50.1 Å². The second kappa shape index (κ2) is 8.82. The highest BCUT2D eigenvalue weighted by Gasteiger charge is 2.40. The number of rotatable bonds is 6. The molecule has 0 saturated carbocycles. The third kappa shape index (κ3) is 4.37. The van der Waals surface area contributed by atoms with E-state index in [4.69, 9.17) is 4.74 Å². The lowest BCUT2D eigenvalue weighted by Gasteiger charge is -2.19. The van der Waals surface area contributed by atoms with E-state index in [-0.39, 0.29) is 23.7 Å². The van der Waals surface area contributed by atoms with E-state index in [0.717, 1.165) is 11.1 Å². The Morgan fingerprint density at radius 3 is 2.48 bits per heavy atom. The molecule has 2 aromatic carbocycles. The number of carbonyl (C=O) groups excluding carboxylic acids is 2. The molecule has 1 fully saturated rings. The Morgan fingerprint density at radius 2 is 1.78 bits per heavy atom. The van der Waals surface area contributed by atoms with Crippen molar-refractivity contribution in [2.45, 2.75) is 12.8 Å². The zero-order valence-corrected chi connectivity index (χ0v) is 15.9. The van der Waals surface area contributed by atoms with Crippen molar-refractivity contribution in [1.82, 2.24) is 10.2 Å². The molecule has 1 aliphatic heterocycles. The Balaban J connectivity index is 1.83. The monoisotopic (exact) mass is 366 g/mol. The van der Waals surface area contributed by atoms with Gasteiger partial charge in [0.2, 0.25) is 5.91 Å². The quantitative estimate of drug-likeness (QED) is 0.800. The summed E-state index contributed by atoms with van der Waals surface area (Å²) >= 11 is 0. The van der Waals surface area contributed by atoms with Gasteiger partial charge in [-0.2, -0.15) is 0 Å². The van der Waals surface area contributed by atoms with Gasteiger partial charge in [0, 0.05) is 38.2 Å². The topological polar surface area (TPSA) is 58.6 Å². The fourth-order valence-corrected chi connectivity index (χ4v) is 3.72. The van der Waals surface area contributed by atoms with E-state index in [2.05, 4.69) is 24.4 Å². The molecule has 2 atom stereocenters. The zero-order valence-electron chi connectivity index (χ0n) is 15.9. The second-order valence-electron chi connectivity index (χ2n) is 6.93. The van der Waals surface area contributed by atoms with Crippen molar-refractivity contribution >= 4 is 11.8 Å². The molecular formula is C22H26N2O3. The molecule has 2 amide bonds. The summed E-state index contributed by atoms with van der Waals surface area (Å²) in [7, 11) is 1.61. The van der Waals surface area contributed by atoms with Gasteiger partial charge in [0.1, 0.15) is 0 Å². The lowest BCUT2D eigenvalue weighted by atomic mass is 9.86. The van der Waals surface area contributed by atoms with Crippen LogP contribution in [0, 0.1) is 12.8 Å². The molecule has 0 aliphatic carbocycles. The Hall–Kier alpha value is -2.66. The predicted octanol–water partition coefficient (Wildman–Crippen LogP) is 2.61. The summed E-state index contributed by atoms with van der Waals surface area (Å²) in [5.74, 6) is -0.331. The van der Waals surface area contributed by atoms with Crippen molar-refractivity contribution in [3.8, 4) is 0 Å². The van der Waals surface area contributed by atoms with Gasteiger partial charge in [-0.05, 0) is 30.2 Å². The van der Waals surface area contributed by atoms with Crippen LogP contribution in [0.1, 0.15) is 27.4 Å². The molecule has 1 heterocycles. The fourth-order valence-electron chi connectivity index (χ4n) is 3.72. The molecule has 1 saturated heterocycles. The standard InChI is InChI=1S/C22H26N2O3/c1-16-8-6-7-11-18(16)19-14-24(22(26)17-9-4-3-5-10-17)15-20(19)21(25)23-12-13-27-2/h3-11,19-20H,12-15H2,1-2H3,(H,23,25)/t19-,20-/m1/s1. The molecule has 1 aliphatic rings. The Labute approximate surface area is 160 Å². The van der Waals surface area contributed by atoms with Crippen LogP contribution in [0.25, 0.3) is 0 Å². The number of amides is 2. The zero-order chi connectivity index (χ0) is 19.2. The largest absolute Gasteiger partial charge is 0.383 e. The molecule has 142 valence electrons. The average molecular weight is 366 g/mol. The molecule has 0 spiro atoms. The van der Waals surface area contributed by atoms with Gasteiger partial charge in [-0.3, -0.25) is 9.59 Å². The molecule has 0 unspecified atom stereocenters. The SMILES string of the molecule is COCCNC(=O)[C@@H]1CN(C(=O)c2ccccc2)C[C@@H]1c1ccccc1C. The molecule has 27 heavy (non-hydrogen) atoms. The predicted molar refractivity (Wildman–Crippen MR) is 105 cm³/mol. The summed E-state index contributed by atoms with van der Waals surface area (Å²) in [6.07, 6.45) is 0. The molecule has 5 nitrogen and oxygen atoms in total. The Morgan fingerprint density at radius 1 is 1.07 bits per heavy atom. The average Bonchev–Trinajstić information content (AvgIpc) is 3.14. The number of ether oxygens (including phenoxy) is 1. The van der Waals surface area contributed by atoms with E-state index in [1.54, 1.807) is 12.0 Å². The molecule has 1 N–H and O–H groups in total. The minimum absolute atomic E-state index is 0.0126. The number of nitrogens with zero attached hydrogens (tertiary/aromatic N) is 1. The van der Waals surface area contributed by atoms with Crippen LogP contribution in [0.4, 0.5) is 0 Å². The first-order valence-corrected chi connectivity index (χ1v) is 9.28. The number of methoxy groups -OCH3 is 1. The van der Waals surface area contributed by atoms with Crippen LogP contribution in [0.15, 0.2) is 54.6 Å². The third-order valence-corrected chi connectivity index (χ3v) is 5.16. The van der Waals surface area contributed by atoms with Crippen LogP contribution in [0.3, 0.4) is 0 Å². The smallest absolute Gasteiger partial charge is 0.253 e. The number of hydrogen-bond acceptors (Lipinski definition) is 3. The van der Waals surface area contributed by atoms with Crippen LogP contribution in [0.2, 0.25) is 0 Å². The van der Waals surface area contributed by atoms with Crippen molar-refractivity contribution in [1.29, 1.82) is 0 Å². The summed E-state index contributed by atoms with van der Waals surface area (Å²) in [6.45, 7) is 3.96. The first kappa shape index (κ1) is 19.1. The number of carbonyl (C=O) groups is 2. The number of hydrogen-bond donors (Lipinski definition) is 1. The van der Waals surface area contributed by atoms with Gasteiger partial charge in [0.25, 0.3) is 5.91 Å². The number of nitrogens with one attached hydrogen (secondary N) is 1. The van der Waals surface area contributed by atoms with Crippen molar-refractivity contribution in [2.24, 2.45) is 5.92 Å². The maximum Gasteiger partial charge on any atom is 0.253 e. The van der Waals surface area contributed by atoms with Crippen molar-refractivity contribution in [3.63, 3.8) is 0 Å². The molecule has 5 heteroatoms. The van der Waals surface area contributed by atoms with E-state index in [9.17, 15) is 9.59 Å². The summed E-state index contributed by atoms with van der Waals surface area (Å²) in [6, 6.07) is 17.3. The lowest BCUT2D eigenvalue weighted by molar-refractivity contribution is -0.125. The molecule has 0 radical (unpaired) electrons. The van der Waals surface area contributed by atoms with Crippen LogP contribution in [-0.2, 0) is 9.53 Å². The van der Waals surface area contributed by atoms with Crippen molar-refractivity contribution in [3.05, 3.63) is 71.3 Å². The summed E-state index contributed by atoms with van der Waals surface area (Å²) in [5, 5.41) is 2.94. The number of likely N-dealkylation sites (tertiary alicyclic amines) is 1. The van der Waals surface area contributed by atoms with Crippen LogP contribution in [0.5, 0.6) is 0 Å². The Bertz CT molecular complexity index is 791. The van der Waals surface area contributed by atoms with Gasteiger partial charge >= 0.3 is 0 Å². The van der Waals surface area contributed by atoms with E-state index in [0.29, 0.717) is 31.8 Å². The van der Waals surface area contributed by atoms with E-state index < -0.39 is 0 Å². The second-order valence-corrected chi connectivity index (χ2v) is 6.93. The molecule has 3 rings (SSSR count). The van der Waals surface area contributed by atoms with E-state index in [1.807, 2.05) is 42.5 Å². The normalized spacial score (nSPS) is 19.1. The molecule has 0 bridgehead atoms. The highest BCUT2D eigenvalue weighted by atomic mass is 16.5. The first-order valence-electron chi connectivity index (χ1n) is 9.28. The van der Waals surface area contributed by atoms with Gasteiger partial charge in [-0.25, -0.2) is 0 Å². The molecule has 0 aromatic heterocycles. The summed E-state index contributed by atoms with van der Waals surface area (Å²) in [4.78, 5) is 27.5. The van der Waals surface area contributed by atoms with Gasteiger partial charge < -0.3 is 15.0 Å². The molecule has 2 aromatic rings.